The van der Waals surface area contributed by atoms with Gasteiger partial charge < -0.3 is 25.0 Å². The number of imidazole rings is 1. The summed E-state index contributed by atoms with van der Waals surface area (Å²) in [6.45, 7) is 3.30. The van der Waals surface area contributed by atoms with Crippen molar-refractivity contribution >= 4 is 11.5 Å². The van der Waals surface area contributed by atoms with Crippen molar-refractivity contribution in [3.05, 3.63) is 82.3 Å². The molecule has 3 atom stereocenters. The highest BCUT2D eigenvalue weighted by Crippen LogP contribution is 2.49. The zero-order valence-electron chi connectivity index (χ0n) is 20.4. The van der Waals surface area contributed by atoms with Crippen LogP contribution in [0.25, 0.3) is 17.0 Å². The molecule has 3 unspecified atom stereocenters. The van der Waals surface area contributed by atoms with Crippen molar-refractivity contribution in [3.63, 3.8) is 0 Å². The third-order valence-electron chi connectivity index (χ3n) is 6.92. The quantitative estimate of drug-likeness (QED) is 0.368. The number of amides is 1. The number of aliphatic hydroxyl groups excluding tert-OH is 1. The normalized spacial score (nSPS) is 17.8. The summed E-state index contributed by atoms with van der Waals surface area (Å²) in [5.41, 5.74) is 8.94. The van der Waals surface area contributed by atoms with E-state index in [2.05, 4.69) is 33.2 Å². The van der Waals surface area contributed by atoms with E-state index in [1.54, 1.807) is 43.9 Å². The molecule has 1 aromatic carbocycles. The lowest BCUT2D eigenvalue weighted by molar-refractivity contribution is 0.0989. The Labute approximate surface area is 212 Å². The van der Waals surface area contributed by atoms with Gasteiger partial charge in [-0.2, -0.15) is 5.10 Å². The van der Waals surface area contributed by atoms with E-state index in [0.717, 1.165) is 23.1 Å². The highest BCUT2D eigenvalue weighted by atomic mass is 16.5. The maximum Gasteiger partial charge on any atom is 0.269 e. The molecule has 37 heavy (non-hydrogen) atoms. The summed E-state index contributed by atoms with van der Waals surface area (Å²) in [5, 5.41) is 30.2. The minimum atomic E-state index is -1.51. The third kappa shape index (κ3) is 3.59. The number of rotatable bonds is 4. The maximum absolute atomic E-state index is 12.5. The molecule has 0 saturated carbocycles. The Morgan fingerprint density at radius 2 is 2.08 bits per heavy atom. The van der Waals surface area contributed by atoms with Crippen LogP contribution in [-0.2, 0) is 12.6 Å². The second kappa shape index (κ2) is 8.03. The number of carbonyl (C=O) groups excluding carboxylic acids is 1. The molecular formula is C27H24N6O4. The van der Waals surface area contributed by atoms with E-state index in [4.69, 9.17) is 10.3 Å². The summed E-state index contributed by atoms with van der Waals surface area (Å²) >= 11 is 0. The van der Waals surface area contributed by atoms with Crippen molar-refractivity contribution < 1.29 is 19.5 Å². The zero-order chi connectivity index (χ0) is 26.1. The van der Waals surface area contributed by atoms with Crippen LogP contribution in [0.3, 0.4) is 0 Å². The molecule has 5 heterocycles. The maximum atomic E-state index is 12.5. The van der Waals surface area contributed by atoms with Gasteiger partial charge in [0.1, 0.15) is 23.4 Å². The molecule has 10 nitrogen and oxygen atoms in total. The van der Waals surface area contributed by atoms with Crippen LogP contribution in [0.15, 0.2) is 47.1 Å². The van der Waals surface area contributed by atoms with Crippen LogP contribution >= 0.6 is 0 Å². The van der Waals surface area contributed by atoms with Crippen LogP contribution in [0.4, 0.5) is 0 Å². The predicted octanol–water partition coefficient (Wildman–Crippen LogP) is 2.36. The Morgan fingerprint density at radius 1 is 1.30 bits per heavy atom. The van der Waals surface area contributed by atoms with Gasteiger partial charge in [0.05, 0.1) is 17.4 Å². The molecule has 1 aliphatic carbocycles. The van der Waals surface area contributed by atoms with Crippen molar-refractivity contribution in [2.75, 3.05) is 0 Å². The van der Waals surface area contributed by atoms with E-state index < -0.39 is 17.6 Å². The first-order valence-corrected chi connectivity index (χ1v) is 11.8. The van der Waals surface area contributed by atoms with Gasteiger partial charge in [0.2, 0.25) is 0 Å². The van der Waals surface area contributed by atoms with Gasteiger partial charge in [0.15, 0.2) is 11.3 Å². The number of nitrogens with two attached hydrogens (primary N) is 1. The summed E-state index contributed by atoms with van der Waals surface area (Å²) in [6, 6.07) is 8.96. The van der Waals surface area contributed by atoms with Crippen LogP contribution in [0.5, 0.6) is 0 Å². The molecule has 2 bridgehead atoms. The standard InChI is InChI=1S/C27H24N6O4/c1-14-10-21(31-37-14)27(2,36)8-6-15-4-5-18-16-12-17(13-16)33-23(24(34)20-7-9-29-32(20)3)22(25(28)35)30-26(33)19(18)11-15/h4-5,7,9-12,17,24,34,36H,13H2,1-3H3,(H2,28,35). The molecule has 186 valence electrons. The fraction of sp³-hybridized carbons (Fsp3) is 0.259. The number of aryl methyl sites for hydroxylation is 2. The first-order valence-electron chi connectivity index (χ1n) is 11.8. The molecule has 10 heteroatoms. The molecule has 3 aliphatic rings. The number of allylic oxidation sites excluding steroid dienone is 2. The monoisotopic (exact) mass is 496 g/mol. The Hall–Kier alpha value is -4.46. The lowest BCUT2D eigenvalue weighted by Gasteiger charge is -2.27. The number of aliphatic hydroxyl groups is 2. The Kier molecular flexibility index (Phi) is 4.98. The van der Waals surface area contributed by atoms with E-state index in [0.29, 0.717) is 34.2 Å². The average molecular weight is 497 g/mol. The number of hydrogen-bond acceptors (Lipinski definition) is 7. The molecule has 7 rings (SSSR count). The highest BCUT2D eigenvalue weighted by Gasteiger charge is 2.38. The van der Waals surface area contributed by atoms with Gasteiger partial charge in [-0.15, -0.1) is 0 Å². The highest BCUT2D eigenvalue weighted by molar-refractivity contribution is 5.94. The SMILES string of the molecule is Cc1cc(C(C)(O)C#Cc2ccc3c(c2)-c2nc(C(N)=O)c(C(O)c4ccnn4C)n2C2C=C3C2)no1. The number of aromatic nitrogens is 5. The van der Waals surface area contributed by atoms with E-state index in [1.807, 2.05) is 22.8 Å². The van der Waals surface area contributed by atoms with E-state index in [9.17, 15) is 15.0 Å². The van der Waals surface area contributed by atoms with E-state index in [1.165, 1.54) is 0 Å². The van der Waals surface area contributed by atoms with Gasteiger partial charge in [-0.3, -0.25) is 9.48 Å². The zero-order valence-corrected chi connectivity index (χ0v) is 20.4. The summed E-state index contributed by atoms with van der Waals surface area (Å²) in [6.07, 6.45) is 3.26. The van der Waals surface area contributed by atoms with Crippen LogP contribution in [0, 0.1) is 18.8 Å². The van der Waals surface area contributed by atoms with Gasteiger partial charge >= 0.3 is 0 Å². The molecule has 0 saturated heterocycles. The number of primary amides is 1. The van der Waals surface area contributed by atoms with Gasteiger partial charge in [0, 0.05) is 30.4 Å². The molecule has 4 aromatic rings. The molecule has 0 spiro atoms. The fourth-order valence-electron chi connectivity index (χ4n) is 4.94. The summed E-state index contributed by atoms with van der Waals surface area (Å²) < 4.78 is 8.52. The van der Waals surface area contributed by atoms with Crippen molar-refractivity contribution in [1.82, 2.24) is 24.5 Å². The molecule has 2 aliphatic heterocycles. The minimum Gasteiger partial charge on any atom is -0.380 e. The van der Waals surface area contributed by atoms with Gasteiger partial charge in [-0.25, -0.2) is 4.98 Å². The third-order valence-corrected chi connectivity index (χ3v) is 6.92. The van der Waals surface area contributed by atoms with Crippen molar-refractivity contribution in [1.29, 1.82) is 0 Å². The lowest BCUT2D eigenvalue weighted by Crippen LogP contribution is -2.22. The fourth-order valence-corrected chi connectivity index (χ4v) is 4.94. The van der Waals surface area contributed by atoms with E-state index >= 15 is 0 Å². The number of benzene rings is 1. The van der Waals surface area contributed by atoms with Gasteiger partial charge in [0.25, 0.3) is 5.91 Å². The minimum absolute atomic E-state index is 0.0132. The number of carbonyl (C=O) groups is 1. The van der Waals surface area contributed by atoms with Crippen molar-refractivity contribution in [2.45, 2.75) is 38.0 Å². The van der Waals surface area contributed by atoms with Crippen LogP contribution in [0.1, 0.15) is 69.9 Å². The molecular weight excluding hydrogens is 472 g/mol. The molecule has 0 radical (unpaired) electrons. The second-order valence-corrected chi connectivity index (χ2v) is 9.55. The van der Waals surface area contributed by atoms with Crippen molar-refractivity contribution in [2.24, 2.45) is 12.8 Å². The largest absolute Gasteiger partial charge is 0.380 e. The summed E-state index contributed by atoms with van der Waals surface area (Å²) in [5.74, 6) is 6.28. The first-order chi connectivity index (χ1) is 17.6. The molecule has 0 fully saturated rings. The second-order valence-electron chi connectivity index (χ2n) is 9.55. The van der Waals surface area contributed by atoms with Crippen LogP contribution in [-0.4, -0.2) is 40.6 Å². The predicted molar refractivity (Wildman–Crippen MR) is 133 cm³/mol. The van der Waals surface area contributed by atoms with Crippen LogP contribution < -0.4 is 5.73 Å². The molecule has 4 N–H and O–H groups in total. The smallest absolute Gasteiger partial charge is 0.269 e. The number of hydrogen-bond donors (Lipinski definition) is 3. The van der Waals surface area contributed by atoms with Gasteiger partial charge in [-0.05, 0) is 49.6 Å². The average Bonchev–Trinajstić information content (AvgIpc) is 3.53. The van der Waals surface area contributed by atoms with Gasteiger partial charge in [-0.1, -0.05) is 29.1 Å². The number of nitrogens with zero attached hydrogens (tertiary/aromatic N) is 5. The topological polar surface area (TPSA) is 145 Å². The molecule has 1 amide bonds. The molecule has 3 aromatic heterocycles. The summed E-state index contributed by atoms with van der Waals surface area (Å²) in [7, 11) is 1.72. The van der Waals surface area contributed by atoms with Crippen molar-refractivity contribution in [3.8, 4) is 23.2 Å². The Bertz CT molecular complexity index is 1680. The Morgan fingerprint density at radius 3 is 2.73 bits per heavy atom. The first kappa shape index (κ1) is 23.0. The Balaban J connectivity index is 1.49. The van der Waals surface area contributed by atoms with Crippen LogP contribution in [0.2, 0.25) is 0 Å². The summed E-state index contributed by atoms with van der Waals surface area (Å²) in [4.78, 5) is 17.1. The lowest BCUT2D eigenvalue weighted by atomic mass is 9.86. The van der Waals surface area contributed by atoms with E-state index in [-0.39, 0.29) is 11.7 Å².